The maximum Gasteiger partial charge on any atom is 0.0569 e. The van der Waals surface area contributed by atoms with Crippen molar-refractivity contribution >= 4 is 17.3 Å². The summed E-state index contributed by atoms with van der Waals surface area (Å²) >= 11 is 6.15. The lowest BCUT2D eigenvalue weighted by atomic mass is 9.86. The van der Waals surface area contributed by atoms with Crippen molar-refractivity contribution in [3.05, 3.63) is 28.8 Å². The molecule has 0 spiro atoms. The van der Waals surface area contributed by atoms with E-state index in [1.165, 1.54) is 0 Å². The second-order valence-corrected chi connectivity index (χ2v) is 5.62. The van der Waals surface area contributed by atoms with Gasteiger partial charge in [0.25, 0.3) is 0 Å². The second-order valence-electron chi connectivity index (χ2n) is 5.21. The number of hydrogen-bond acceptors (Lipinski definition) is 3. The van der Waals surface area contributed by atoms with Crippen molar-refractivity contribution in [1.82, 2.24) is 0 Å². The minimum atomic E-state index is -0.0732. The summed E-state index contributed by atoms with van der Waals surface area (Å²) in [6.45, 7) is 5.45. The van der Waals surface area contributed by atoms with Gasteiger partial charge in [-0.05, 0) is 44.4 Å². The fourth-order valence-corrected chi connectivity index (χ4v) is 2.67. The summed E-state index contributed by atoms with van der Waals surface area (Å²) in [5.74, 6) is 0. The summed E-state index contributed by atoms with van der Waals surface area (Å²) < 4.78 is 5.59. The fraction of sp³-hybridized carbons (Fsp3) is 0.571. The molecular formula is C14H21ClN2O. The number of ether oxygens (including phenoxy) is 1. The van der Waals surface area contributed by atoms with Crippen molar-refractivity contribution in [3.8, 4) is 0 Å². The first-order chi connectivity index (χ1) is 8.54. The summed E-state index contributed by atoms with van der Waals surface area (Å²) in [5.41, 5.74) is 8.01. The Balaban J connectivity index is 2.16. The van der Waals surface area contributed by atoms with Crippen molar-refractivity contribution in [2.75, 3.05) is 18.5 Å². The van der Waals surface area contributed by atoms with Crippen LogP contribution < -0.4 is 11.1 Å². The van der Waals surface area contributed by atoms with Gasteiger partial charge in [-0.2, -0.15) is 0 Å². The monoisotopic (exact) mass is 268 g/mol. The molecule has 100 valence electrons. The van der Waals surface area contributed by atoms with Gasteiger partial charge in [0, 0.05) is 23.9 Å². The van der Waals surface area contributed by atoms with Crippen molar-refractivity contribution < 1.29 is 4.74 Å². The normalized spacial score (nSPS) is 28.1. The van der Waals surface area contributed by atoms with Crippen molar-refractivity contribution in [2.45, 2.75) is 38.3 Å². The van der Waals surface area contributed by atoms with Crippen LogP contribution in [0.1, 0.15) is 25.3 Å². The molecule has 1 fully saturated rings. The Morgan fingerprint density at radius 2 is 2.33 bits per heavy atom. The van der Waals surface area contributed by atoms with Gasteiger partial charge in [-0.15, -0.1) is 0 Å². The molecule has 0 aromatic heterocycles. The molecule has 2 rings (SSSR count). The third-order valence-electron chi connectivity index (χ3n) is 3.63. The highest BCUT2D eigenvalue weighted by Crippen LogP contribution is 2.30. The molecule has 4 heteroatoms. The average molecular weight is 269 g/mol. The highest BCUT2D eigenvalue weighted by molar-refractivity contribution is 6.31. The predicted octanol–water partition coefficient (Wildman–Crippen LogP) is 2.96. The molecule has 1 aromatic rings. The Labute approximate surface area is 114 Å². The lowest BCUT2D eigenvalue weighted by Gasteiger charge is -2.40. The highest BCUT2D eigenvalue weighted by Gasteiger charge is 2.34. The first-order valence-corrected chi connectivity index (χ1v) is 6.78. The minimum Gasteiger partial charge on any atom is -0.378 e. The van der Waals surface area contributed by atoms with Crippen LogP contribution in [-0.4, -0.2) is 24.8 Å². The first-order valence-electron chi connectivity index (χ1n) is 6.41. The molecule has 2 atom stereocenters. The Hall–Kier alpha value is -0.770. The third kappa shape index (κ3) is 2.97. The summed E-state index contributed by atoms with van der Waals surface area (Å²) in [7, 11) is 0. The Morgan fingerprint density at radius 3 is 2.94 bits per heavy atom. The van der Waals surface area contributed by atoms with E-state index in [4.69, 9.17) is 22.1 Å². The lowest BCUT2D eigenvalue weighted by molar-refractivity contribution is 0.000265. The molecule has 0 radical (unpaired) electrons. The third-order valence-corrected chi connectivity index (χ3v) is 4.04. The smallest absolute Gasteiger partial charge is 0.0569 e. The molecule has 1 aromatic carbocycles. The number of nitrogens with two attached hydrogens (primary N) is 1. The summed E-state index contributed by atoms with van der Waals surface area (Å²) in [6.07, 6.45) is 2.10. The minimum absolute atomic E-state index is 0.0732. The molecule has 1 aliphatic rings. The van der Waals surface area contributed by atoms with E-state index in [-0.39, 0.29) is 11.6 Å². The maximum atomic E-state index is 6.15. The van der Waals surface area contributed by atoms with Crippen LogP contribution in [0.3, 0.4) is 0 Å². The van der Waals surface area contributed by atoms with Gasteiger partial charge in [0.05, 0.1) is 11.6 Å². The van der Waals surface area contributed by atoms with Crippen molar-refractivity contribution in [3.63, 3.8) is 0 Å². The van der Waals surface area contributed by atoms with Gasteiger partial charge in [-0.1, -0.05) is 17.7 Å². The number of benzene rings is 1. The van der Waals surface area contributed by atoms with E-state index in [1.807, 2.05) is 19.1 Å². The molecule has 3 N–H and O–H groups in total. The van der Waals surface area contributed by atoms with E-state index < -0.39 is 0 Å². The van der Waals surface area contributed by atoms with Crippen LogP contribution in [-0.2, 0) is 4.74 Å². The number of anilines is 1. The second kappa shape index (κ2) is 5.47. The molecule has 2 unspecified atom stereocenters. The topological polar surface area (TPSA) is 47.3 Å². The van der Waals surface area contributed by atoms with Gasteiger partial charge in [0.1, 0.15) is 0 Å². The van der Waals surface area contributed by atoms with Crippen LogP contribution in [0.25, 0.3) is 0 Å². The van der Waals surface area contributed by atoms with Gasteiger partial charge in [-0.3, -0.25) is 0 Å². The molecular weight excluding hydrogens is 248 g/mol. The van der Waals surface area contributed by atoms with Crippen LogP contribution >= 0.6 is 11.6 Å². The number of nitrogens with one attached hydrogen (secondary N) is 1. The highest BCUT2D eigenvalue weighted by atomic mass is 35.5. The largest absolute Gasteiger partial charge is 0.378 e. The number of aryl methyl sites for hydroxylation is 1. The summed E-state index contributed by atoms with van der Waals surface area (Å²) in [6, 6.07) is 6.05. The van der Waals surface area contributed by atoms with Gasteiger partial charge in [-0.25, -0.2) is 0 Å². The molecule has 0 saturated carbocycles. The standard InChI is InChI=1S/C14H21ClN2O/c1-10-3-4-12(7-13(10)15)17-14(9-16)5-6-18-11(2)8-14/h3-4,7,11,17H,5-6,8-9,16H2,1-2H3. The van der Waals surface area contributed by atoms with Gasteiger partial charge < -0.3 is 15.8 Å². The molecule has 0 aliphatic carbocycles. The van der Waals surface area contributed by atoms with Gasteiger partial charge in [0.15, 0.2) is 0 Å². The number of hydrogen-bond donors (Lipinski definition) is 2. The first kappa shape index (κ1) is 13.7. The zero-order valence-electron chi connectivity index (χ0n) is 11.0. The molecule has 3 nitrogen and oxygen atoms in total. The van der Waals surface area contributed by atoms with Crippen LogP contribution in [0, 0.1) is 6.92 Å². The van der Waals surface area contributed by atoms with Crippen LogP contribution in [0.5, 0.6) is 0 Å². The Kier molecular flexibility index (Phi) is 4.15. The van der Waals surface area contributed by atoms with Crippen molar-refractivity contribution in [2.24, 2.45) is 5.73 Å². The van der Waals surface area contributed by atoms with E-state index in [1.54, 1.807) is 0 Å². The van der Waals surface area contributed by atoms with E-state index in [9.17, 15) is 0 Å². The molecule has 0 amide bonds. The lowest BCUT2D eigenvalue weighted by Crippen LogP contribution is -2.51. The SMILES string of the molecule is Cc1ccc(NC2(CN)CCOC(C)C2)cc1Cl. The van der Waals surface area contributed by atoms with E-state index >= 15 is 0 Å². The van der Waals surface area contributed by atoms with Gasteiger partial charge >= 0.3 is 0 Å². The van der Waals surface area contributed by atoms with Crippen LogP contribution in [0.15, 0.2) is 18.2 Å². The van der Waals surface area contributed by atoms with Crippen molar-refractivity contribution in [1.29, 1.82) is 0 Å². The fourth-order valence-electron chi connectivity index (χ4n) is 2.49. The van der Waals surface area contributed by atoms with Crippen LogP contribution in [0.2, 0.25) is 5.02 Å². The Morgan fingerprint density at radius 1 is 1.56 bits per heavy atom. The molecule has 1 saturated heterocycles. The van der Waals surface area contributed by atoms with E-state index in [0.717, 1.165) is 35.7 Å². The Bertz CT molecular complexity index is 424. The molecule has 1 heterocycles. The maximum absolute atomic E-state index is 6.15. The predicted molar refractivity (Wildman–Crippen MR) is 76.2 cm³/mol. The quantitative estimate of drug-likeness (QED) is 0.886. The average Bonchev–Trinajstić information content (AvgIpc) is 2.34. The number of halogens is 1. The van der Waals surface area contributed by atoms with E-state index in [0.29, 0.717) is 6.54 Å². The zero-order chi connectivity index (χ0) is 13.2. The zero-order valence-corrected chi connectivity index (χ0v) is 11.8. The van der Waals surface area contributed by atoms with E-state index in [2.05, 4.69) is 18.3 Å². The van der Waals surface area contributed by atoms with Crippen LogP contribution in [0.4, 0.5) is 5.69 Å². The molecule has 18 heavy (non-hydrogen) atoms. The molecule has 1 aliphatic heterocycles. The summed E-state index contributed by atoms with van der Waals surface area (Å²) in [4.78, 5) is 0. The van der Waals surface area contributed by atoms with Gasteiger partial charge in [0.2, 0.25) is 0 Å². The number of rotatable bonds is 3. The molecule has 0 bridgehead atoms. The summed E-state index contributed by atoms with van der Waals surface area (Å²) in [5, 5.41) is 4.34.